The van der Waals surface area contributed by atoms with Crippen LogP contribution in [-0.2, 0) is 16.1 Å². The van der Waals surface area contributed by atoms with Gasteiger partial charge >= 0.3 is 0 Å². The molecule has 1 aromatic carbocycles. The molecule has 0 N–H and O–H groups in total. The molecule has 0 saturated heterocycles. The molecule has 0 aliphatic carbocycles. The van der Waals surface area contributed by atoms with Gasteiger partial charge in [-0.25, -0.2) is 0 Å². The van der Waals surface area contributed by atoms with Gasteiger partial charge in [-0.1, -0.05) is 62.7 Å². The van der Waals surface area contributed by atoms with Gasteiger partial charge in [0.15, 0.2) is 0 Å². The number of hydrogen-bond donors (Lipinski definition) is 0. The van der Waals surface area contributed by atoms with Crippen molar-refractivity contribution in [3.05, 3.63) is 34.3 Å². The van der Waals surface area contributed by atoms with Gasteiger partial charge in [-0.3, -0.25) is 4.79 Å². The summed E-state index contributed by atoms with van der Waals surface area (Å²) in [5.41, 5.74) is 0.320. The van der Waals surface area contributed by atoms with Gasteiger partial charge in [-0.15, -0.1) is 0 Å². The van der Waals surface area contributed by atoms with E-state index < -0.39 is 5.41 Å². The summed E-state index contributed by atoms with van der Waals surface area (Å²) in [6.45, 7) is 10.7. The van der Waals surface area contributed by atoms with Crippen LogP contribution in [0.2, 0.25) is 0 Å². The molecule has 0 saturated carbocycles. The fourth-order valence-electron chi connectivity index (χ4n) is 2.13. The molecule has 0 unspecified atom stereocenters. The summed E-state index contributed by atoms with van der Waals surface area (Å²) in [5, 5.41) is 0. The first-order valence-corrected chi connectivity index (χ1v) is 7.29. The molecule has 0 aliphatic heterocycles. The summed E-state index contributed by atoms with van der Waals surface area (Å²) < 4.78 is 6.75. The van der Waals surface area contributed by atoms with Crippen LogP contribution in [-0.4, -0.2) is 12.4 Å². The van der Waals surface area contributed by atoms with E-state index in [0.29, 0.717) is 13.2 Å². The van der Waals surface area contributed by atoms with Crippen molar-refractivity contribution in [2.24, 2.45) is 10.8 Å². The summed E-state index contributed by atoms with van der Waals surface area (Å²) in [5.74, 6) is 0.231. The van der Waals surface area contributed by atoms with Gasteiger partial charge in [0, 0.05) is 15.3 Å². The van der Waals surface area contributed by atoms with Gasteiger partial charge in [0.25, 0.3) is 0 Å². The van der Waals surface area contributed by atoms with Gasteiger partial charge in [-0.05, 0) is 17.7 Å². The molecule has 0 bridgehead atoms. The Morgan fingerprint density at radius 2 is 1.84 bits per heavy atom. The monoisotopic (exact) mass is 326 g/mol. The quantitative estimate of drug-likeness (QED) is 0.789. The van der Waals surface area contributed by atoms with Gasteiger partial charge in [-0.2, -0.15) is 0 Å². The Balaban J connectivity index is 2.55. The average Bonchev–Trinajstić information content (AvgIpc) is 2.26. The molecule has 0 spiro atoms. The first kappa shape index (κ1) is 16.4. The van der Waals surface area contributed by atoms with Crippen molar-refractivity contribution in [2.75, 3.05) is 6.61 Å². The number of Topliss-reactive ketones (excluding diaryl/α,β-unsaturated/α-hetero) is 1. The minimum atomic E-state index is -0.454. The lowest BCUT2D eigenvalue weighted by molar-refractivity contribution is -0.138. The van der Waals surface area contributed by atoms with Crippen LogP contribution in [0.4, 0.5) is 0 Å². The minimum Gasteiger partial charge on any atom is -0.376 e. The number of benzene rings is 1. The van der Waals surface area contributed by atoms with Crippen molar-refractivity contribution in [2.45, 2.75) is 41.2 Å². The molecular formula is C16H23BrO2. The Bertz CT molecular complexity index is 444. The van der Waals surface area contributed by atoms with Gasteiger partial charge in [0.05, 0.1) is 13.2 Å². The van der Waals surface area contributed by atoms with E-state index in [1.165, 1.54) is 0 Å². The summed E-state index contributed by atoms with van der Waals surface area (Å²) in [4.78, 5) is 12.3. The SMILES string of the molecule is CC(C)(C)C(=O)C(C)(C)COCc1cccc(Br)c1. The number of ketones is 1. The van der Waals surface area contributed by atoms with Gasteiger partial charge in [0.1, 0.15) is 5.78 Å². The van der Waals surface area contributed by atoms with Crippen LogP contribution in [0.1, 0.15) is 40.2 Å². The molecule has 106 valence electrons. The number of carbonyl (C=O) groups is 1. The van der Waals surface area contributed by atoms with E-state index in [2.05, 4.69) is 15.9 Å². The fourth-order valence-corrected chi connectivity index (χ4v) is 2.58. The van der Waals surface area contributed by atoms with Crippen molar-refractivity contribution in [1.82, 2.24) is 0 Å². The highest BCUT2D eigenvalue weighted by molar-refractivity contribution is 9.10. The van der Waals surface area contributed by atoms with E-state index in [1.54, 1.807) is 0 Å². The standard InChI is InChI=1S/C16H23BrO2/c1-15(2,3)14(18)16(4,5)11-19-10-12-7-6-8-13(17)9-12/h6-9H,10-11H2,1-5H3. The number of hydrogen-bond acceptors (Lipinski definition) is 2. The third-order valence-electron chi connectivity index (χ3n) is 2.92. The van der Waals surface area contributed by atoms with E-state index >= 15 is 0 Å². The fraction of sp³-hybridized carbons (Fsp3) is 0.562. The number of halogens is 1. The van der Waals surface area contributed by atoms with Crippen LogP contribution < -0.4 is 0 Å². The van der Waals surface area contributed by atoms with E-state index in [-0.39, 0.29) is 11.2 Å². The first-order chi connectivity index (χ1) is 8.63. The van der Waals surface area contributed by atoms with Gasteiger partial charge < -0.3 is 4.74 Å². The molecule has 0 fully saturated rings. The zero-order valence-corrected chi connectivity index (χ0v) is 14.0. The molecule has 0 aromatic heterocycles. The summed E-state index contributed by atoms with van der Waals surface area (Å²) in [6, 6.07) is 8.01. The maximum atomic E-state index is 12.3. The van der Waals surface area contributed by atoms with Crippen molar-refractivity contribution < 1.29 is 9.53 Å². The molecule has 0 aliphatic rings. The van der Waals surface area contributed by atoms with Crippen molar-refractivity contribution >= 4 is 21.7 Å². The highest BCUT2D eigenvalue weighted by Gasteiger charge is 2.36. The Morgan fingerprint density at radius 1 is 1.21 bits per heavy atom. The summed E-state index contributed by atoms with van der Waals surface area (Å²) in [7, 11) is 0. The van der Waals surface area contributed by atoms with Crippen LogP contribution >= 0.6 is 15.9 Å². The molecule has 0 amide bonds. The van der Waals surface area contributed by atoms with E-state index in [4.69, 9.17) is 4.74 Å². The molecule has 2 nitrogen and oxygen atoms in total. The second-order valence-corrected chi connectivity index (χ2v) is 7.50. The Kier molecular flexibility index (Phi) is 5.34. The molecule has 0 radical (unpaired) electrons. The van der Waals surface area contributed by atoms with Crippen molar-refractivity contribution in [3.8, 4) is 0 Å². The lowest BCUT2D eigenvalue weighted by atomic mass is 9.75. The average molecular weight is 327 g/mol. The van der Waals surface area contributed by atoms with Crippen LogP contribution in [0.15, 0.2) is 28.7 Å². The molecule has 3 heteroatoms. The third-order valence-corrected chi connectivity index (χ3v) is 3.41. The molecular weight excluding hydrogens is 304 g/mol. The van der Waals surface area contributed by atoms with Crippen LogP contribution in [0, 0.1) is 10.8 Å². The predicted molar refractivity (Wildman–Crippen MR) is 82.0 cm³/mol. The van der Waals surface area contributed by atoms with Crippen molar-refractivity contribution in [1.29, 1.82) is 0 Å². The van der Waals surface area contributed by atoms with E-state index in [9.17, 15) is 4.79 Å². The van der Waals surface area contributed by atoms with Crippen LogP contribution in [0.3, 0.4) is 0 Å². The minimum absolute atomic E-state index is 0.231. The highest BCUT2D eigenvalue weighted by atomic mass is 79.9. The maximum absolute atomic E-state index is 12.3. The largest absolute Gasteiger partial charge is 0.376 e. The summed E-state index contributed by atoms with van der Waals surface area (Å²) >= 11 is 3.43. The lowest BCUT2D eigenvalue weighted by Gasteiger charge is -2.30. The number of ether oxygens (including phenoxy) is 1. The predicted octanol–water partition coefficient (Wildman–Crippen LogP) is 4.61. The maximum Gasteiger partial charge on any atom is 0.146 e. The summed E-state index contributed by atoms with van der Waals surface area (Å²) in [6.07, 6.45) is 0. The van der Waals surface area contributed by atoms with E-state index in [1.807, 2.05) is 58.9 Å². The Hall–Kier alpha value is -0.670. The van der Waals surface area contributed by atoms with Gasteiger partial charge in [0.2, 0.25) is 0 Å². The first-order valence-electron chi connectivity index (χ1n) is 6.50. The van der Waals surface area contributed by atoms with Crippen LogP contribution in [0.25, 0.3) is 0 Å². The zero-order valence-electron chi connectivity index (χ0n) is 12.4. The second kappa shape index (κ2) is 6.19. The third kappa shape index (κ3) is 5.07. The smallest absolute Gasteiger partial charge is 0.146 e. The second-order valence-electron chi connectivity index (χ2n) is 6.59. The van der Waals surface area contributed by atoms with Crippen molar-refractivity contribution in [3.63, 3.8) is 0 Å². The van der Waals surface area contributed by atoms with E-state index in [0.717, 1.165) is 10.0 Å². The number of carbonyl (C=O) groups excluding carboxylic acids is 1. The molecule has 0 atom stereocenters. The van der Waals surface area contributed by atoms with Crippen LogP contribution in [0.5, 0.6) is 0 Å². The Labute approximate surface area is 124 Å². The zero-order chi connectivity index (χ0) is 14.7. The normalized spacial score (nSPS) is 12.5. The molecule has 0 heterocycles. The molecule has 1 aromatic rings. The molecule has 1 rings (SSSR count). The molecule has 19 heavy (non-hydrogen) atoms. The Morgan fingerprint density at radius 3 is 2.37 bits per heavy atom. The highest BCUT2D eigenvalue weighted by Crippen LogP contribution is 2.29. The lowest BCUT2D eigenvalue weighted by Crippen LogP contribution is -2.38. The topological polar surface area (TPSA) is 26.3 Å². The number of rotatable bonds is 5.